The zero-order chi connectivity index (χ0) is 19.2. The van der Waals surface area contributed by atoms with Crippen molar-refractivity contribution in [2.45, 2.75) is 20.8 Å². The van der Waals surface area contributed by atoms with E-state index in [0.29, 0.717) is 35.5 Å². The summed E-state index contributed by atoms with van der Waals surface area (Å²) in [6.45, 7) is 6.77. The Hall–Kier alpha value is -3.21. The van der Waals surface area contributed by atoms with E-state index in [1.165, 1.54) is 0 Å². The smallest absolute Gasteiger partial charge is 0.251 e. The summed E-state index contributed by atoms with van der Waals surface area (Å²) < 4.78 is 5.86. The van der Waals surface area contributed by atoms with Crippen LogP contribution in [0, 0.1) is 12.8 Å². The topological polar surface area (TPSA) is 64.1 Å². The van der Waals surface area contributed by atoms with Crippen molar-refractivity contribution in [3.8, 4) is 23.0 Å². The Labute approximate surface area is 159 Å². The van der Waals surface area contributed by atoms with Gasteiger partial charge in [-0.3, -0.25) is 4.79 Å². The second-order valence-electron chi connectivity index (χ2n) is 6.82. The molecule has 138 valence electrons. The third-order valence-corrected chi connectivity index (χ3v) is 3.90. The highest BCUT2D eigenvalue weighted by molar-refractivity contribution is 5.94. The van der Waals surface area contributed by atoms with E-state index in [9.17, 15) is 4.79 Å². The lowest BCUT2D eigenvalue weighted by atomic mass is 10.1. The van der Waals surface area contributed by atoms with E-state index in [1.807, 2.05) is 31.2 Å². The molecule has 3 rings (SSSR count). The largest absolute Gasteiger partial charge is 0.439 e. The lowest BCUT2D eigenvalue weighted by Gasteiger charge is -2.10. The standard InChI is InChI=1S/C22H23N3O2/c1-15(2)14-24-22(26)18-8-5-9-19(13-18)27-20-10-11-23-21(25-20)17-7-4-6-16(3)12-17/h4-13,15H,14H2,1-3H3,(H,24,26). The van der Waals surface area contributed by atoms with E-state index in [2.05, 4.69) is 29.1 Å². The maximum Gasteiger partial charge on any atom is 0.251 e. The van der Waals surface area contributed by atoms with Crippen LogP contribution < -0.4 is 10.1 Å². The normalized spacial score (nSPS) is 10.7. The van der Waals surface area contributed by atoms with Gasteiger partial charge in [0.2, 0.25) is 5.88 Å². The maximum atomic E-state index is 12.2. The molecule has 1 N–H and O–H groups in total. The molecule has 1 heterocycles. The highest BCUT2D eigenvalue weighted by Gasteiger charge is 2.09. The summed E-state index contributed by atoms with van der Waals surface area (Å²) in [5, 5.41) is 2.91. The Morgan fingerprint density at radius 2 is 1.93 bits per heavy atom. The molecule has 0 aliphatic heterocycles. The minimum absolute atomic E-state index is 0.114. The Morgan fingerprint density at radius 1 is 1.11 bits per heavy atom. The van der Waals surface area contributed by atoms with E-state index in [-0.39, 0.29) is 5.91 Å². The second-order valence-corrected chi connectivity index (χ2v) is 6.82. The monoisotopic (exact) mass is 361 g/mol. The summed E-state index contributed by atoms with van der Waals surface area (Å²) in [7, 11) is 0. The highest BCUT2D eigenvalue weighted by atomic mass is 16.5. The number of carbonyl (C=O) groups excluding carboxylic acids is 1. The van der Waals surface area contributed by atoms with Crippen molar-refractivity contribution in [2.75, 3.05) is 6.54 Å². The molecule has 0 unspecified atom stereocenters. The molecule has 0 aliphatic carbocycles. The molecule has 0 saturated carbocycles. The van der Waals surface area contributed by atoms with Crippen LogP contribution in [-0.2, 0) is 0 Å². The van der Waals surface area contributed by atoms with Gasteiger partial charge in [-0.1, -0.05) is 43.7 Å². The predicted octanol–water partition coefficient (Wildman–Crippen LogP) is 4.63. The van der Waals surface area contributed by atoms with Crippen molar-refractivity contribution in [3.05, 3.63) is 71.9 Å². The number of nitrogens with zero attached hydrogens (tertiary/aromatic N) is 2. The van der Waals surface area contributed by atoms with Gasteiger partial charge >= 0.3 is 0 Å². The molecule has 0 spiro atoms. The molecule has 3 aromatic rings. The first-order valence-electron chi connectivity index (χ1n) is 8.97. The molecule has 2 aromatic carbocycles. The average molecular weight is 361 g/mol. The molecule has 5 heteroatoms. The van der Waals surface area contributed by atoms with E-state index in [4.69, 9.17) is 4.74 Å². The van der Waals surface area contributed by atoms with Gasteiger partial charge in [0, 0.05) is 29.9 Å². The third kappa shape index (κ3) is 5.14. The minimum Gasteiger partial charge on any atom is -0.439 e. The fourth-order valence-corrected chi connectivity index (χ4v) is 2.54. The van der Waals surface area contributed by atoms with E-state index >= 15 is 0 Å². The van der Waals surface area contributed by atoms with Gasteiger partial charge in [0.05, 0.1) is 0 Å². The molecule has 0 radical (unpaired) electrons. The van der Waals surface area contributed by atoms with Crippen LogP contribution in [0.5, 0.6) is 11.6 Å². The predicted molar refractivity (Wildman–Crippen MR) is 106 cm³/mol. The molecular formula is C22H23N3O2. The van der Waals surface area contributed by atoms with Crippen molar-refractivity contribution in [1.29, 1.82) is 0 Å². The van der Waals surface area contributed by atoms with Crippen molar-refractivity contribution < 1.29 is 9.53 Å². The molecule has 1 amide bonds. The number of hydrogen-bond acceptors (Lipinski definition) is 4. The number of benzene rings is 2. The van der Waals surface area contributed by atoms with Crippen molar-refractivity contribution in [3.63, 3.8) is 0 Å². The molecule has 27 heavy (non-hydrogen) atoms. The number of carbonyl (C=O) groups is 1. The summed E-state index contributed by atoms with van der Waals surface area (Å²) in [6, 6.07) is 16.8. The molecule has 0 saturated heterocycles. The van der Waals surface area contributed by atoms with Gasteiger partial charge in [-0.15, -0.1) is 0 Å². The second kappa shape index (κ2) is 8.45. The third-order valence-electron chi connectivity index (χ3n) is 3.90. The summed E-state index contributed by atoms with van der Waals surface area (Å²) in [5.41, 5.74) is 2.63. The first-order valence-corrected chi connectivity index (χ1v) is 8.97. The van der Waals surface area contributed by atoms with Crippen molar-refractivity contribution >= 4 is 5.91 Å². The Kier molecular flexibility index (Phi) is 5.81. The van der Waals surface area contributed by atoms with Gasteiger partial charge in [-0.25, -0.2) is 4.98 Å². The summed E-state index contributed by atoms with van der Waals surface area (Å²) in [4.78, 5) is 21.0. The van der Waals surface area contributed by atoms with Crippen LogP contribution in [0.2, 0.25) is 0 Å². The number of ether oxygens (including phenoxy) is 1. The number of nitrogens with one attached hydrogen (secondary N) is 1. The maximum absolute atomic E-state index is 12.2. The van der Waals surface area contributed by atoms with Gasteiger partial charge in [-0.05, 0) is 37.1 Å². The SMILES string of the molecule is Cc1cccc(-c2nccc(Oc3cccc(C(=O)NCC(C)C)c3)n2)c1. The number of rotatable bonds is 6. The number of amides is 1. The van der Waals surface area contributed by atoms with Crippen LogP contribution in [-0.4, -0.2) is 22.4 Å². The van der Waals surface area contributed by atoms with Gasteiger partial charge < -0.3 is 10.1 Å². The quantitative estimate of drug-likeness (QED) is 0.695. The lowest BCUT2D eigenvalue weighted by molar-refractivity contribution is 0.0948. The van der Waals surface area contributed by atoms with Gasteiger partial charge in [0.15, 0.2) is 5.82 Å². The lowest BCUT2D eigenvalue weighted by Crippen LogP contribution is -2.27. The van der Waals surface area contributed by atoms with Crippen LogP contribution in [0.25, 0.3) is 11.4 Å². The van der Waals surface area contributed by atoms with E-state index in [0.717, 1.165) is 11.1 Å². The zero-order valence-corrected chi connectivity index (χ0v) is 15.8. The van der Waals surface area contributed by atoms with Crippen LogP contribution in [0.1, 0.15) is 29.8 Å². The fourth-order valence-electron chi connectivity index (χ4n) is 2.54. The fraction of sp³-hybridized carbons (Fsp3) is 0.227. The highest BCUT2D eigenvalue weighted by Crippen LogP contribution is 2.23. The molecule has 0 aliphatic rings. The number of hydrogen-bond donors (Lipinski definition) is 1. The number of aromatic nitrogens is 2. The van der Waals surface area contributed by atoms with Crippen LogP contribution in [0.15, 0.2) is 60.8 Å². The first kappa shape index (κ1) is 18.6. The van der Waals surface area contributed by atoms with E-state index < -0.39 is 0 Å². The number of aryl methyl sites for hydroxylation is 1. The van der Waals surface area contributed by atoms with Gasteiger partial charge in [-0.2, -0.15) is 4.98 Å². The Bertz CT molecular complexity index is 938. The molecule has 5 nitrogen and oxygen atoms in total. The Morgan fingerprint density at radius 3 is 2.70 bits per heavy atom. The zero-order valence-electron chi connectivity index (χ0n) is 15.8. The average Bonchev–Trinajstić information content (AvgIpc) is 2.66. The molecule has 0 fully saturated rings. The van der Waals surface area contributed by atoms with E-state index in [1.54, 1.807) is 36.5 Å². The van der Waals surface area contributed by atoms with Gasteiger partial charge in [0.1, 0.15) is 5.75 Å². The van der Waals surface area contributed by atoms with Crippen LogP contribution >= 0.6 is 0 Å². The van der Waals surface area contributed by atoms with Crippen LogP contribution in [0.4, 0.5) is 0 Å². The first-order chi connectivity index (χ1) is 13.0. The van der Waals surface area contributed by atoms with Crippen molar-refractivity contribution in [1.82, 2.24) is 15.3 Å². The molecule has 1 aromatic heterocycles. The summed E-state index contributed by atoms with van der Waals surface area (Å²) in [6.07, 6.45) is 1.67. The molecule has 0 bridgehead atoms. The Balaban J connectivity index is 1.77. The van der Waals surface area contributed by atoms with Gasteiger partial charge in [0.25, 0.3) is 5.91 Å². The van der Waals surface area contributed by atoms with Crippen molar-refractivity contribution in [2.24, 2.45) is 5.92 Å². The molecular weight excluding hydrogens is 338 g/mol. The summed E-state index contributed by atoms with van der Waals surface area (Å²) >= 11 is 0. The van der Waals surface area contributed by atoms with Crippen LogP contribution in [0.3, 0.4) is 0 Å². The molecule has 0 atom stereocenters. The minimum atomic E-state index is -0.114. The summed E-state index contributed by atoms with van der Waals surface area (Å²) in [5.74, 6) is 1.87.